The lowest BCUT2D eigenvalue weighted by Gasteiger charge is -2.28. The average molecular weight is 345 g/mol. The van der Waals surface area contributed by atoms with Crippen molar-refractivity contribution in [1.29, 1.82) is 0 Å². The van der Waals surface area contributed by atoms with Gasteiger partial charge in [-0.2, -0.15) is 10.1 Å². The first-order valence-corrected chi connectivity index (χ1v) is 8.44. The largest absolute Gasteiger partial charge is 0.328 e. The fourth-order valence-electron chi connectivity index (χ4n) is 3.23. The van der Waals surface area contributed by atoms with Crippen molar-refractivity contribution in [1.82, 2.24) is 14.8 Å². The van der Waals surface area contributed by atoms with Crippen LogP contribution in [0.2, 0.25) is 0 Å². The van der Waals surface area contributed by atoms with E-state index in [1.807, 2.05) is 68.4 Å². The highest BCUT2D eigenvalue weighted by molar-refractivity contribution is 6.06. The normalized spacial score (nSPS) is 16.0. The molecule has 2 heterocycles. The van der Waals surface area contributed by atoms with Crippen LogP contribution in [0.1, 0.15) is 24.1 Å². The van der Waals surface area contributed by atoms with Gasteiger partial charge in [0.2, 0.25) is 5.95 Å². The number of carbonyl (C=O) groups is 1. The van der Waals surface area contributed by atoms with Gasteiger partial charge in [-0.15, -0.1) is 0 Å². The fraction of sp³-hybridized carbons (Fsp3) is 0.150. The molecule has 130 valence electrons. The predicted molar refractivity (Wildman–Crippen MR) is 101 cm³/mol. The Labute approximate surface area is 151 Å². The topological polar surface area (TPSA) is 71.8 Å². The lowest BCUT2D eigenvalue weighted by molar-refractivity contribution is -0.113. The van der Waals surface area contributed by atoms with Gasteiger partial charge in [-0.3, -0.25) is 4.79 Å². The second-order valence-corrected chi connectivity index (χ2v) is 6.27. The number of aromatic nitrogens is 3. The van der Waals surface area contributed by atoms with E-state index in [9.17, 15) is 4.79 Å². The molecule has 2 aromatic carbocycles. The monoisotopic (exact) mass is 345 g/mol. The SMILES string of the molecule is CC1=C(C(=O)Nc2ccccc2C)C(c2ccccc2)n2ncnc2N1. The Balaban J connectivity index is 1.77. The Hall–Kier alpha value is -3.41. The van der Waals surface area contributed by atoms with Crippen molar-refractivity contribution in [3.8, 4) is 0 Å². The molecule has 0 saturated carbocycles. The van der Waals surface area contributed by atoms with Crippen molar-refractivity contribution >= 4 is 17.5 Å². The Morgan fingerprint density at radius 3 is 2.58 bits per heavy atom. The Morgan fingerprint density at radius 2 is 1.81 bits per heavy atom. The van der Waals surface area contributed by atoms with E-state index in [4.69, 9.17) is 0 Å². The quantitative estimate of drug-likeness (QED) is 0.762. The smallest absolute Gasteiger partial charge is 0.255 e. The highest BCUT2D eigenvalue weighted by Crippen LogP contribution is 2.35. The van der Waals surface area contributed by atoms with Crippen molar-refractivity contribution in [3.05, 3.63) is 83.3 Å². The summed E-state index contributed by atoms with van der Waals surface area (Å²) < 4.78 is 1.75. The Kier molecular flexibility index (Phi) is 4.01. The van der Waals surface area contributed by atoms with Gasteiger partial charge in [0.15, 0.2) is 0 Å². The molecule has 1 atom stereocenters. The van der Waals surface area contributed by atoms with Crippen LogP contribution in [-0.4, -0.2) is 20.7 Å². The van der Waals surface area contributed by atoms with Crippen LogP contribution in [0.5, 0.6) is 0 Å². The zero-order valence-electron chi connectivity index (χ0n) is 14.6. The summed E-state index contributed by atoms with van der Waals surface area (Å²) in [4.78, 5) is 17.4. The van der Waals surface area contributed by atoms with Gasteiger partial charge in [-0.1, -0.05) is 48.5 Å². The highest BCUT2D eigenvalue weighted by Gasteiger charge is 2.33. The number of rotatable bonds is 3. The predicted octanol–water partition coefficient (Wildman–Crippen LogP) is 3.51. The summed E-state index contributed by atoms with van der Waals surface area (Å²) in [7, 11) is 0. The van der Waals surface area contributed by atoms with Crippen molar-refractivity contribution in [2.45, 2.75) is 19.9 Å². The molecule has 1 aliphatic heterocycles. The highest BCUT2D eigenvalue weighted by atomic mass is 16.1. The first-order chi connectivity index (χ1) is 12.6. The van der Waals surface area contributed by atoms with Crippen LogP contribution in [-0.2, 0) is 4.79 Å². The third-order valence-corrected chi connectivity index (χ3v) is 4.55. The number of carbonyl (C=O) groups excluding carboxylic acids is 1. The molecule has 6 heteroatoms. The van der Waals surface area contributed by atoms with E-state index in [1.54, 1.807) is 4.68 Å². The van der Waals surface area contributed by atoms with E-state index in [-0.39, 0.29) is 11.9 Å². The van der Waals surface area contributed by atoms with E-state index in [2.05, 4.69) is 20.7 Å². The molecule has 0 spiro atoms. The Bertz CT molecular complexity index is 990. The van der Waals surface area contributed by atoms with Gasteiger partial charge in [-0.25, -0.2) is 4.68 Å². The number of nitrogens with zero attached hydrogens (tertiary/aromatic N) is 3. The van der Waals surface area contributed by atoms with Crippen LogP contribution in [0.4, 0.5) is 11.6 Å². The van der Waals surface area contributed by atoms with Gasteiger partial charge in [0, 0.05) is 11.4 Å². The molecule has 26 heavy (non-hydrogen) atoms. The van der Waals surface area contributed by atoms with Gasteiger partial charge in [0.1, 0.15) is 12.4 Å². The van der Waals surface area contributed by atoms with Crippen LogP contribution >= 0.6 is 0 Å². The van der Waals surface area contributed by atoms with Crippen LogP contribution < -0.4 is 10.6 Å². The number of allylic oxidation sites excluding steroid dienone is 1. The first-order valence-electron chi connectivity index (χ1n) is 8.44. The van der Waals surface area contributed by atoms with Gasteiger partial charge >= 0.3 is 0 Å². The number of anilines is 2. The maximum atomic E-state index is 13.2. The van der Waals surface area contributed by atoms with E-state index < -0.39 is 0 Å². The fourth-order valence-corrected chi connectivity index (χ4v) is 3.23. The van der Waals surface area contributed by atoms with E-state index >= 15 is 0 Å². The molecular formula is C20H19N5O. The molecule has 0 fully saturated rings. The molecule has 0 radical (unpaired) electrons. The van der Waals surface area contributed by atoms with Gasteiger partial charge in [0.25, 0.3) is 5.91 Å². The second-order valence-electron chi connectivity index (χ2n) is 6.27. The van der Waals surface area contributed by atoms with Crippen molar-refractivity contribution in [2.75, 3.05) is 10.6 Å². The number of hydrogen-bond acceptors (Lipinski definition) is 4. The molecule has 0 saturated heterocycles. The van der Waals surface area contributed by atoms with Crippen LogP contribution in [0.3, 0.4) is 0 Å². The number of hydrogen-bond donors (Lipinski definition) is 2. The molecule has 3 aromatic rings. The number of amides is 1. The summed E-state index contributed by atoms with van der Waals surface area (Å²) in [6.07, 6.45) is 1.49. The number of nitrogens with one attached hydrogen (secondary N) is 2. The summed E-state index contributed by atoms with van der Waals surface area (Å²) in [5.41, 5.74) is 4.19. The van der Waals surface area contributed by atoms with Crippen molar-refractivity contribution < 1.29 is 4.79 Å². The van der Waals surface area contributed by atoms with Crippen LogP contribution in [0, 0.1) is 6.92 Å². The second kappa shape index (κ2) is 6.48. The summed E-state index contributed by atoms with van der Waals surface area (Å²) in [6, 6.07) is 17.3. The zero-order valence-corrected chi connectivity index (χ0v) is 14.6. The molecule has 1 aliphatic rings. The first kappa shape index (κ1) is 16.1. The van der Waals surface area contributed by atoms with E-state index in [0.29, 0.717) is 11.5 Å². The molecule has 4 rings (SSSR count). The zero-order chi connectivity index (χ0) is 18.1. The maximum Gasteiger partial charge on any atom is 0.255 e. The molecule has 2 N–H and O–H groups in total. The number of fused-ring (bicyclic) bond motifs is 1. The van der Waals surface area contributed by atoms with Crippen LogP contribution in [0.15, 0.2) is 72.2 Å². The molecule has 1 aromatic heterocycles. The van der Waals surface area contributed by atoms with Crippen molar-refractivity contribution in [3.63, 3.8) is 0 Å². The Morgan fingerprint density at radius 1 is 1.08 bits per heavy atom. The summed E-state index contributed by atoms with van der Waals surface area (Å²) in [5.74, 6) is 0.475. The van der Waals surface area contributed by atoms with Gasteiger partial charge in [-0.05, 0) is 31.0 Å². The lowest BCUT2D eigenvalue weighted by atomic mass is 9.95. The molecule has 6 nitrogen and oxygen atoms in total. The van der Waals surface area contributed by atoms with Crippen molar-refractivity contribution in [2.24, 2.45) is 0 Å². The minimum Gasteiger partial charge on any atom is -0.328 e. The van der Waals surface area contributed by atoms with Crippen LogP contribution in [0.25, 0.3) is 0 Å². The molecule has 0 aliphatic carbocycles. The minimum atomic E-state index is -0.334. The number of aryl methyl sites for hydroxylation is 1. The third kappa shape index (κ3) is 2.75. The molecule has 0 bridgehead atoms. The maximum absolute atomic E-state index is 13.2. The average Bonchev–Trinajstić information content (AvgIpc) is 3.11. The number of para-hydroxylation sites is 1. The molecule has 1 unspecified atom stereocenters. The lowest BCUT2D eigenvalue weighted by Crippen LogP contribution is -2.31. The summed E-state index contributed by atoms with van der Waals surface area (Å²) in [5, 5.41) is 10.5. The molecule has 1 amide bonds. The van der Waals surface area contributed by atoms with Gasteiger partial charge in [0.05, 0.1) is 5.57 Å². The van der Waals surface area contributed by atoms with E-state index in [0.717, 1.165) is 22.5 Å². The summed E-state index contributed by atoms with van der Waals surface area (Å²) >= 11 is 0. The molecular weight excluding hydrogens is 326 g/mol. The standard InChI is InChI=1S/C20H19N5O/c1-13-8-6-7-11-16(13)24-19(26)17-14(2)23-20-21-12-22-25(20)18(17)15-9-4-3-5-10-15/h3-12,18H,1-2H3,(H,24,26)(H,21,22,23). The van der Waals surface area contributed by atoms with Gasteiger partial charge < -0.3 is 10.6 Å². The summed E-state index contributed by atoms with van der Waals surface area (Å²) in [6.45, 7) is 3.86. The van der Waals surface area contributed by atoms with E-state index in [1.165, 1.54) is 6.33 Å². The third-order valence-electron chi connectivity index (χ3n) is 4.55. The minimum absolute atomic E-state index is 0.153. The number of benzene rings is 2.